The zero-order valence-corrected chi connectivity index (χ0v) is 2.06. The Morgan fingerprint density at radius 1 is 1.40 bits per heavy atom. The summed E-state index contributed by atoms with van der Waals surface area (Å²) >= 11 is 0. The van der Waals surface area contributed by atoms with Crippen molar-refractivity contribution < 1.29 is 4.79 Å². The second kappa shape index (κ2) is 3.33. The van der Waals surface area contributed by atoms with Gasteiger partial charge in [0.25, 0.3) is 0 Å². The van der Waals surface area contributed by atoms with Crippen LogP contribution in [0.5, 0.6) is 0 Å². The van der Waals surface area contributed by atoms with Crippen LogP contribution in [0.25, 0.3) is 0 Å². The highest BCUT2D eigenvalue weighted by Gasteiger charge is 1.60. The van der Waals surface area contributed by atoms with Crippen molar-refractivity contribution in [2.24, 2.45) is 11.5 Å². The lowest BCUT2D eigenvalue weighted by Crippen LogP contribution is -2.18. The molecule has 30 valence electrons. The molecule has 3 nitrogen and oxygen atoms in total. The van der Waals surface area contributed by atoms with Crippen molar-refractivity contribution in [1.29, 1.82) is 0 Å². The molecule has 0 aromatic rings. The van der Waals surface area contributed by atoms with Crippen molar-refractivity contribution in [3.63, 3.8) is 0 Å². The Kier molecular flexibility index (Phi) is 5.90. The van der Waals surface area contributed by atoms with Gasteiger partial charge in [-0.15, -0.1) is 0 Å². The van der Waals surface area contributed by atoms with Gasteiger partial charge < -0.3 is 11.5 Å². The highest BCUT2D eigenvalue weighted by Crippen LogP contribution is 1.25. The zero-order chi connectivity index (χ0) is 3.58. The fraction of sp³-hybridized carbons (Fsp3) is 0. The van der Waals surface area contributed by atoms with Gasteiger partial charge in [-0.2, -0.15) is 0 Å². The van der Waals surface area contributed by atoms with Crippen molar-refractivity contribution in [3.8, 4) is 0 Å². The van der Waals surface area contributed by atoms with Crippen LogP contribution >= 0.6 is 0 Å². The summed E-state index contributed by atoms with van der Waals surface area (Å²) in [5.41, 5.74) is 8.50. The Bertz CT molecular complexity index is 32.6. The van der Waals surface area contributed by atoms with Crippen molar-refractivity contribution in [2.75, 3.05) is 0 Å². The van der Waals surface area contributed by atoms with E-state index in [1.54, 1.807) is 0 Å². The minimum Gasteiger partial charge on any atom is -0.352 e. The fourth-order valence-electron chi connectivity index (χ4n) is 0. The Labute approximate surface area is 31.9 Å². The molecule has 0 radical (unpaired) electrons. The Hall–Kier alpha value is -0.665. The molecule has 0 aromatic carbocycles. The summed E-state index contributed by atoms with van der Waals surface area (Å²) in [5, 5.41) is 0. The third kappa shape index (κ3) is 13.4. The number of primary amides is 2. The lowest BCUT2D eigenvalue weighted by Gasteiger charge is -1.62. The van der Waals surface area contributed by atoms with E-state index in [1.165, 1.54) is 0 Å². The average molecular weight is 73.9 g/mol. The smallest absolute Gasteiger partial charge is 0.309 e. The van der Waals surface area contributed by atoms with Crippen LogP contribution in [0.3, 0.4) is 0 Å². The second-order valence-electron chi connectivity index (χ2n) is 0.402. The monoisotopic (exact) mass is 74.1 g/mol. The van der Waals surface area contributed by atoms with E-state index in [2.05, 4.69) is 11.5 Å². The van der Waals surface area contributed by atoms with Gasteiger partial charge in [0.2, 0.25) is 0 Å². The summed E-state index contributed by atoms with van der Waals surface area (Å²) in [5.74, 6) is 0. The highest BCUT2D eigenvalue weighted by molar-refractivity contribution is 5.75. The topological polar surface area (TPSA) is 69.1 Å². The first-order chi connectivity index (χ1) is 1.73. The molecule has 0 aliphatic rings. The van der Waals surface area contributed by atoms with Gasteiger partial charge in [0.05, 0.1) is 8.41 Å². The third-order valence-corrected chi connectivity index (χ3v) is 0. The average Bonchev–Trinajstić information content (AvgIpc) is 0.811. The predicted molar refractivity (Wildman–Crippen MR) is 23.7 cm³/mol. The van der Waals surface area contributed by atoms with Crippen LogP contribution in [0.15, 0.2) is 0 Å². The molecule has 0 saturated heterocycles. The molecule has 0 heterocycles. The minimum absolute atomic E-state index is 0. The number of hydrogen-bond donors (Lipinski definition) is 2. The maximum Gasteiger partial charge on any atom is 0.309 e. The van der Waals surface area contributed by atoms with Crippen molar-refractivity contribution >= 4 is 14.4 Å². The maximum atomic E-state index is 9.00. The van der Waals surface area contributed by atoms with E-state index in [-0.39, 0.29) is 8.41 Å². The van der Waals surface area contributed by atoms with Crippen LogP contribution in [0.1, 0.15) is 0 Å². The molecule has 4 N–H and O–H groups in total. The van der Waals surface area contributed by atoms with Gasteiger partial charge >= 0.3 is 6.03 Å². The van der Waals surface area contributed by atoms with E-state index in [0.717, 1.165) is 0 Å². The number of nitrogens with two attached hydrogens (primary N) is 2. The first-order valence-electron chi connectivity index (χ1n) is 0.781. The Balaban J connectivity index is 0. The van der Waals surface area contributed by atoms with E-state index in [0.29, 0.717) is 0 Å². The molecule has 5 heavy (non-hydrogen) atoms. The van der Waals surface area contributed by atoms with Crippen molar-refractivity contribution in [1.82, 2.24) is 0 Å². The van der Waals surface area contributed by atoms with Crippen molar-refractivity contribution in [3.05, 3.63) is 0 Å². The molecule has 0 saturated carbocycles. The lowest BCUT2D eigenvalue weighted by molar-refractivity contribution is 0.256. The number of carbonyl (C=O) groups excluding carboxylic acids is 1. The molecule has 0 aliphatic heterocycles. The van der Waals surface area contributed by atoms with Crippen molar-refractivity contribution in [2.45, 2.75) is 0 Å². The summed E-state index contributed by atoms with van der Waals surface area (Å²) < 4.78 is 0. The largest absolute Gasteiger partial charge is 0.352 e. The molecule has 4 heteroatoms. The van der Waals surface area contributed by atoms with Crippen LogP contribution in [-0.4, -0.2) is 14.4 Å². The SMILES string of the molecule is B.NC(N)=O. The predicted octanol–water partition coefficient (Wildman–Crippen LogP) is -2.16. The first kappa shape index (κ1) is 8.84. The van der Waals surface area contributed by atoms with Gasteiger partial charge in [0, 0.05) is 0 Å². The molecule has 0 unspecified atom stereocenters. The summed E-state index contributed by atoms with van der Waals surface area (Å²) in [6.45, 7) is 0. The molecule has 0 aromatic heterocycles. The molecular formula is CH7BN2O. The van der Waals surface area contributed by atoms with E-state index in [4.69, 9.17) is 4.79 Å². The first-order valence-corrected chi connectivity index (χ1v) is 0.781. The molecule has 2 amide bonds. The lowest BCUT2D eigenvalue weighted by atomic mass is 10.8. The maximum absolute atomic E-state index is 9.00. The number of hydrogen-bond acceptors (Lipinski definition) is 1. The summed E-state index contributed by atoms with van der Waals surface area (Å²) in [6, 6.07) is -0.833. The quantitative estimate of drug-likeness (QED) is 0.315. The molecule has 0 rings (SSSR count). The molecule has 0 bridgehead atoms. The summed E-state index contributed by atoms with van der Waals surface area (Å²) in [6.07, 6.45) is 0. The van der Waals surface area contributed by atoms with Gasteiger partial charge in [-0.3, -0.25) is 0 Å². The molecule has 0 fully saturated rings. The number of amides is 2. The Morgan fingerprint density at radius 3 is 1.40 bits per heavy atom. The van der Waals surface area contributed by atoms with Crippen LogP contribution in [0, 0.1) is 0 Å². The van der Waals surface area contributed by atoms with E-state index < -0.39 is 6.03 Å². The van der Waals surface area contributed by atoms with Gasteiger partial charge in [-0.05, 0) is 0 Å². The molecular weight excluding hydrogens is 66.8 g/mol. The van der Waals surface area contributed by atoms with Gasteiger partial charge in [0.15, 0.2) is 0 Å². The fourth-order valence-corrected chi connectivity index (χ4v) is 0. The molecule has 0 spiro atoms. The van der Waals surface area contributed by atoms with E-state index >= 15 is 0 Å². The van der Waals surface area contributed by atoms with E-state index in [1.807, 2.05) is 0 Å². The van der Waals surface area contributed by atoms with Crippen LogP contribution in [0.2, 0.25) is 0 Å². The Morgan fingerprint density at radius 2 is 1.40 bits per heavy atom. The highest BCUT2D eigenvalue weighted by atomic mass is 16.2. The number of rotatable bonds is 0. The molecule has 0 aliphatic carbocycles. The number of urea groups is 1. The van der Waals surface area contributed by atoms with Gasteiger partial charge in [0.1, 0.15) is 0 Å². The zero-order valence-electron chi connectivity index (χ0n) is 2.06. The second-order valence-corrected chi connectivity index (χ2v) is 0.402. The van der Waals surface area contributed by atoms with E-state index in [9.17, 15) is 0 Å². The van der Waals surface area contributed by atoms with Crippen LogP contribution in [0.4, 0.5) is 4.79 Å². The minimum atomic E-state index is -0.833. The number of carbonyl (C=O) groups is 1. The van der Waals surface area contributed by atoms with Crippen LogP contribution < -0.4 is 11.5 Å². The normalized spacial score (nSPS) is 4.80. The van der Waals surface area contributed by atoms with Crippen LogP contribution in [-0.2, 0) is 0 Å². The molecule has 0 atom stereocenters. The summed E-state index contributed by atoms with van der Waals surface area (Å²) in [4.78, 5) is 9.00. The summed E-state index contributed by atoms with van der Waals surface area (Å²) in [7, 11) is 0. The van der Waals surface area contributed by atoms with Gasteiger partial charge in [-0.25, -0.2) is 4.79 Å². The third-order valence-electron chi connectivity index (χ3n) is 0. The standard InChI is InChI=1S/CH4N2O.BH3/c2-1(3)4;/h(H4,2,3,4);1H3. The van der Waals surface area contributed by atoms with Gasteiger partial charge in [-0.1, -0.05) is 0 Å².